The van der Waals surface area contributed by atoms with Crippen LogP contribution in [0.5, 0.6) is 0 Å². The summed E-state index contributed by atoms with van der Waals surface area (Å²) in [5.74, 6) is 0.507. The molecule has 0 bridgehead atoms. The highest BCUT2D eigenvalue weighted by Gasteiger charge is 2.19. The molecule has 0 amide bonds. The zero-order valence-electron chi connectivity index (χ0n) is 17.2. The molecule has 0 aliphatic heterocycles. The molecule has 2 rings (SSSR count). The zero-order valence-corrected chi connectivity index (χ0v) is 17.2. The number of carbonyl (C=O) groups is 1. The standard InChI is InChI=1S/C23H34N2O2/c1-4-6-7-8-9-10-11-12-22-24(17-19(3)25(22)5-2)18-20-13-15-21(16-14-20)23(26)27/h13-17H,4-12,18H2,1-3H3/p+1. The first-order chi connectivity index (χ1) is 13.1. The number of rotatable bonds is 12. The van der Waals surface area contributed by atoms with Gasteiger partial charge in [-0.2, -0.15) is 0 Å². The molecule has 0 radical (unpaired) electrons. The second-order valence-electron chi connectivity index (χ2n) is 7.43. The molecule has 0 spiro atoms. The van der Waals surface area contributed by atoms with Crippen molar-refractivity contribution in [2.45, 2.75) is 85.2 Å². The van der Waals surface area contributed by atoms with Gasteiger partial charge in [-0.3, -0.25) is 0 Å². The predicted molar refractivity (Wildman–Crippen MR) is 109 cm³/mol. The van der Waals surface area contributed by atoms with Crippen LogP contribution in [-0.2, 0) is 19.5 Å². The van der Waals surface area contributed by atoms with Crippen molar-refractivity contribution in [2.24, 2.45) is 0 Å². The Morgan fingerprint density at radius 2 is 1.63 bits per heavy atom. The molecular formula is C23H35N2O2+. The Labute approximate surface area is 163 Å². The van der Waals surface area contributed by atoms with Gasteiger partial charge in [-0.05, 0) is 31.0 Å². The van der Waals surface area contributed by atoms with Crippen LogP contribution in [0.3, 0.4) is 0 Å². The number of carboxylic acids is 1. The van der Waals surface area contributed by atoms with Gasteiger partial charge in [-0.15, -0.1) is 0 Å². The van der Waals surface area contributed by atoms with E-state index in [1.807, 2.05) is 12.1 Å². The fourth-order valence-corrected chi connectivity index (χ4v) is 3.77. The Balaban J connectivity index is 2.00. The van der Waals surface area contributed by atoms with E-state index in [1.165, 1.54) is 56.5 Å². The van der Waals surface area contributed by atoms with Gasteiger partial charge in [-0.1, -0.05) is 57.6 Å². The molecule has 1 N–H and O–H groups in total. The van der Waals surface area contributed by atoms with Gasteiger partial charge >= 0.3 is 5.97 Å². The Morgan fingerprint density at radius 1 is 1.00 bits per heavy atom. The topological polar surface area (TPSA) is 46.1 Å². The highest BCUT2D eigenvalue weighted by Crippen LogP contribution is 2.12. The zero-order chi connectivity index (χ0) is 19.6. The number of aryl methyl sites for hydroxylation is 1. The molecule has 4 heteroatoms. The summed E-state index contributed by atoms with van der Waals surface area (Å²) in [4.78, 5) is 11.0. The molecule has 0 unspecified atom stereocenters. The maximum absolute atomic E-state index is 11.0. The van der Waals surface area contributed by atoms with Gasteiger partial charge in [0.25, 0.3) is 5.82 Å². The molecule has 1 aromatic carbocycles. The second-order valence-corrected chi connectivity index (χ2v) is 7.43. The van der Waals surface area contributed by atoms with Crippen molar-refractivity contribution in [3.8, 4) is 0 Å². The molecule has 1 aromatic heterocycles. The number of hydrogen-bond donors (Lipinski definition) is 1. The van der Waals surface area contributed by atoms with Gasteiger partial charge in [0.15, 0.2) is 0 Å². The van der Waals surface area contributed by atoms with Gasteiger partial charge in [0.05, 0.1) is 12.1 Å². The number of carboxylic acid groups (broad SMARTS) is 1. The maximum atomic E-state index is 11.0. The number of nitrogens with zero attached hydrogens (tertiary/aromatic N) is 2. The van der Waals surface area contributed by atoms with Gasteiger partial charge in [-0.25, -0.2) is 13.9 Å². The fraction of sp³-hybridized carbons (Fsp3) is 0.565. The summed E-state index contributed by atoms with van der Waals surface area (Å²) in [6.07, 6.45) is 12.6. The average molecular weight is 372 g/mol. The van der Waals surface area contributed by atoms with E-state index in [1.54, 1.807) is 12.1 Å². The van der Waals surface area contributed by atoms with Crippen molar-refractivity contribution < 1.29 is 14.5 Å². The van der Waals surface area contributed by atoms with E-state index < -0.39 is 5.97 Å². The summed E-state index contributed by atoms with van der Waals surface area (Å²) in [6.45, 7) is 8.41. The van der Waals surface area contributed by atoms with Gasteiger partial charge < -0.3 is 5.11 Å². The van der Waals surface area contributed by atoms with Crippen LogP contribution in [0, 0.1) is 6.92 Å². The number of benzene rings is 1. The molecule has 0 saturated carbocycles. The molecule has 2 aromatic rings. The predicted octanol–water partition coefficient (Wildman–Crippen LogP) is 5.14. The summed E-state index contributed by atoms with van der Waals surface area (Å²) < 4.78 is 4.74. The number of unbranched alkanes of at least 4 members (excludes halogenated alkanes) is 6. The minimum absolute atomic E-state index is 0.342. The molecule has 148 valence electrons. The molecule has 0 aliphatic rings. The van der Waals surface area contributed by atoms with Crippen LogP contribution in [0.25, 0.3) is 0 Å². The Bertz CT molecular complexity index is 717. The van der Waals surface area contributed by atoms with E-state index in [0.29, 0.717) is 5.56 Å². The van der Waals surface area contributed by atoms with Crippen LogP contribution in [-0.4, -0.2) is 15.6 Å². The minimum atomic E-state index is -0.873. The van der Waals surface area contributed by atoms with E-state index in [2.05, 4.69) is 36.1 Å². The molecule has 27 heavy (non-hydrogen) atoms. The monoisotopic (exact) mass is 371 g/mol. The lowest BCUT2D eigenvalue weighted by atomic mass is 10.1. The fourth-order valence-electron chi connectivity index (χ4n) is 3.77. The number of imidazole rings is 1. The SMILES string of the molecule is CCCCCCCCCc1n(CC)c(C)c[n+]1Cc1ccc(C(=O)O)cc1. The average Bonchev–Trinajstić information content (AvgIpc) is 2.95. The Hall–Kier alpha value is -2.10. The third-order valence-electron chi connectivity index (χ3n) is 5.29. The summed E-state index contributed by atoms with van der Waals surface area (Å²) in [7, 11) is 0. The molecule has 0 aliphatic carbocycles. The largest absolute Gasteiger partial charge is 0.478 e. The highest BCUT2D eigenvalue weighted by atomic mass is 16.4. The lowest BCUT2D eigenvalue weighted by Crippen LogP contribution is -2.37. The Kier molecular flexibility index (Phi) is 8.56. The first kappa shape index (κ1) is 21.2. The van der Waals surface area contributed by atoms with Crippen molar-refractivity contribution in [1.82, 2.24) is 4.57 Å². The third-order valence-corrected chi connectivity index (χ3v) is 5.29. The number of aromatic carboxylic acids is 1. The Morgan fingerprint density at radius 3 is 2.22 bits per heavy atom. The van der Waals surface area contributed by atoms with Gasteiger partial charge in [0.2, 0.25) is 0 Å². The number of hydrogen-bond acceptors (Lipinski definition) is 1. The summed E-state index contributed by atoms with van der Waals surface area (Å²) in [6, 6.07) is 7.23. The van der Waals surface area contributed by atoms with Crippen LogP contribution >= 0.6 is 0 Å². The van der Waals surface area contributed by atoms with Crippen molar-refractivity contribution in [2.75, 3.05) is 0 Å². The second kappa shape index (κ2) is 10.9. The van der Waals surface area contributed by atoms with Crippen LogP contribution in [0.15, 0.2) is 30.5 Å². The van der Waals surface area contributed by atoms with Gasteiger partial charge in [0, 0.05) is 13.3 Å². The van der Waals surface area contributed by atoms with E-state index in [9.17, 15) is 4.79 Å². The quantitative estimate of drug-likeness (QED) is 0.414. The van der Waals surface area contributed by atoms with Crippen molar-refractivity contribution in [3.63, 3.8) is 0 Å². The van der Waals surface area contributed by atoms with Gasteiger partial charge in [0.1, 0.15) is 18.4 Å². The molecular weight excluding hydrogens is 336 g/mol. The van der Waals surface area contributed by atoms with E-state index in [4.69, 9.17) is 5.11 Å². The molecule has 4 nitrogen and oxygen atoms in total. The first-order valence-corrected chi connectivity index (χ1v) is 10.5. The summed E-state index contributed by atoms with van der Waals surface area (Å²) in [5, 5.41) is 9.06. The molecule has 0 saturated heterocycles. The molecule has 0 atom stereocenters. The lowest BCUT2D eigenvalue weighted by molar-refractivity contribution is -0.695. The van der Waals surface area contributed by atoms with Crippen LogP contribution in [0.2, 0.25) is 0 Å². The molecule has 1 heterocycles. The van der Waals surface area contributed by atoms with Crippen LogP contribution in [0.4, 0.5) is 0 Å². The van der Waals surface area contributed by atoms with Crippen LogP contribution in [0.1, 0.15) is 86.2 Å². The summed E-state index contributed by atoms with van der Waals surface area (Å²) in [5.41, 5.74) is 2.77. The number of aromatic nitrogens is 2. The summed E-state index contributed by atoms with van der Waals surface area (Å²) >= 11 is 0. The lowest BCUT2D eigenvalue weighted by Gasteiger charge is -2.06. The van der Waals surface area contributed by atoms with E-state index in [-0.39, 0.29) is 0 Å². The normalized spacial score (nSPS) is 11.1. The van der Waals surface area contributed by atoms with Crippen molar-refractivity contribution >= 4 is 5.97 Å². The smallest absolute Gasteiger partial charge is 0.335 e. The molecule has 0 fully saturated rings. The third kappa shape index (κ3) is 6.23. The van der Waals surface area contributed by atoms with Crippen LogP contribution < -0.4 is 4.57 Å². The maximum Gasteiger partial charge on any atom is 0.335 e. The van der Waals surface area contributed by atoms with E-state index >= 15 is 0 Å². The minimum Gasteiger partial charge on any atom is -0.478 e. The van der Waals surface area contributed by atoms with Crippen molar-refractivity contribution in [3.05, 3.63) is 53.1 Å². The first-order valence-electron chi connectivity index (χ1n) is 10.5. The van der Waals surface area contributed by atoms with Crippen molar-refractivity contribution in [1.29, 1.82) is 0 Å². The van der Waals surface area contributed by atoms with E-state index in [0.717, 1.165) is 25.1 Å². The highest BCUT2D eigenvalue weighted by molar-refractivity contribution is 5.87.